The predicted octanol–water partition coefficient (Wildman–Crippen LogP) is 4.03. The van der Waals surface area contributed by atoms with Gasteiger partial charge in [0, 0.05) is 6.04 Å². The first-order chi connectivity index (χ1) is 15.4. The van der Waals surface area contributed by atoms with Crippen molar-refractivity contribution in [2.45, 2.75) is 30.7 Å². The second kappa shape index (κ2) is 10.8. The van der Waals surface area contributed by atoms with Gasteiger partial charge in [0.25, 0.3) is 10.0 Å². The Balaban J connectivity index is 1.73. The van der Waals surface area contributed by atoms with Crippen LogP contribution in [0.15, 0.2) is 89.8 Å². The van der Waals surface area contributed by atoms with Gasteiger partial charge in [-0.05, 0) is 61.7 Å². The summed E-state index contributed by atoms with van der Waals surface area (Å²) in [5.74, 6) is 0.201. The molecule has 7 heteroatoms. The van der Waals surface area contributed by atoms with Crippen molar-refractivity contribution < 1.29 is 17.9 Å². The van der Waals surface area contributed by atoms with Crippen molar-refractivity contribution in [1.82, 2.24) is 5.32 Å². The largest absolute Gasteiger partial charge is 0.497 e. The topological polar surface area (TPSA) is 75.7 Å². The number of hydrogen-bond donors (Lipinski definition) is 1. The van der Waals surface area contributed by atoms with Crippen LogP contribution in [0, 0.1) is 0 Å². The zero-order valence-corrected chi connectivity index (χ0v) is 19.1. The maximum absolute atomic E-state index is 13.4. The molecule has 3 aromatic rings. The van der Waals surface area contributed by atoms with Gasteiger partial charge in [-0.2, -0.15) is 0 Å². The number of anilines is 1. The van der Waals surface area contributed by atoms with Crippen molar-refractivity contribution in [2.75, 3.05) is 18.0 Å². The van der Waals surface area contributed by atoms with E-state index in [1.165, 1.54) is 24.8 Å². The summed E-state index contributed by atoms with van der Waals surface area (Å²) < 4.78 is 33.0. The minimum atomic E-state index is -3.95. The molecule has 1 amide bonds. The second-order valence-electron chi connectivity index (χ2n) is 7.52. The highest BCUT2D eigenvalue weighted by Gasteiger charge is 2.27. The first kappa shape index (κ1) is 23.3. The molecule has 0 unspecified atom stereocenters. The third-order valence-electron chi connectivity index (χ3n) is 5.10. The highest BCUT2D eigenvalue weighted by molar-refractivity contribution is 7.92. The number of amides is 1. The quantitative estimate of drug-likeness (QED) is 0.504. The zero-order chi connectivity index (χ0) is 23.0. The Morgan fingerprint density at radius 3 is 2.12 bits per heavy atom. The van der Waals surface area contributed by atoms with Gasteiger partial charge >= 0.3 is 0 Å². The SMILES string of the molecule is COc1ccc(S(=O)(=O)N(CC(=O)N[C@@H](C)CCc2ccccc2)c2ccccc2)cc1. The van der Waals surface area contributed by atoms with Gasteiger partial charge < -0.3 is 10.1 Å². The van der Waals surface area contributed by atoms with Gasteiger partial charge in [-0.3, -0.25) is 9.10 Å². The van der Waals surface area contributed by atoms with Crippen molar-refractivity contribution in [3.63, 3.8) is 0 Å². The van der Waals surface area contributed by atoms with E-state index in [0.29, 0.717) is 11.4 Å². The minimum absolute atomic E-state index is 0.0899. The van der Waals surface area contributed by atoms with Crippen LogP contribution in [0.4, 0.5) is 5.69 Å². The maximum atomic E-state index is 13.4. The van der Waals surface area contributed by atoms with E-state index in [1.54, 1.807) is 42.5 Å². The molecule has 0 aliphatic rings. The molecule has 1 atom stereocenters. The number of methoxy groups -OCH3 is 1. The van der Waals surface area contributed by atoms with Crippen LogP contribution in [0.25, 0.3) is 0 Å². The molecule has 6 nitrogen and oxygen atoms in total. The molecule has 0 saturated carbocycles. The van der Waals surface area contributed by atoms with E-state index in [0.717, 1.165) is 17.1 Å². The van der Waals surface area contributed by atoms with E-state index >= 15 is 0 Å². The number of para-hydroxylation sites is 1. The number of hydrogen-bond acceptors (Lipinski definition) is 4. The first-order valence-corrected chi connectivity index (χ1v) is 11.9. The summed E-state index contributed by atoms with van der Waals surface area (Å²) in [5.41, 5.74) is 1.62. The number of nitrogens with zero attached hydrogens (tertiary/aromatic N) is 1. The minimum Gasteiger partial charge on any atom is -0.497 e. The molecule has 0 spiro atoms. The van der Waals surface area contributed by atoms with Crippen LogP contribution >= 0.6 is 0 Å². The monoisotopic (exact) mass is 452 g/mol. The molecule has 0 saturated heterocycles. The number of rotatable bonds is 10. The highest BCUT2D eigenvalue weighted by atomic mass is 32.2. The third-order valence-corrected chi connectivity index (χ3v) is 6.88. The fraction of sp³-hybridized carbons (Fsp3) is 0.240. The van der Waals surface area contributed by atoms with E-state index in [1.807, 2.05) is 37.3 Å². The summed E-state index contributed by atoms with van der Waals surface area (Å²) in [7, 11) is -2.43. The Hall–Kier alpha value is -3.32. The standard InChI is InChI=1S/C25H28N2O4S/c1-20(13-14-21-9-5-3-6-10-21)26-25(28)19-27(22-11-7-4-8-12-22)32(29,30)24-17-15-23(31-2)16-18-24/h3-12,15-18,20H,13-14,19H2,1-2H3,(H,26,28)/t20-/m0/s1. The molecule has 0 fully saturated rings. The Morgan fingerprint density at radius 1 is 0.938 bits per heavy atom. The van der Waals surface area contributed by atoms with Gasteiger partial charge in [0.1, 0.15) is 12.3 Å². The summed E-state index contributed by atoms with van der Waals surface area (Å²) >= 11 is 0. The van der Waals surface area contributed by atoms with E-state index in [-0.39, 0.29) is 23.4 Å². The lowest BCUT2D eigenvalue weighted by Crippen LogP contribution is -2.43. The van der Waals surface area contributed by atoms with E-state index < -0.39 is 10.0 Å². The molecule has 0 aliphatic heterocycles. The number of sulfonamides is 1. The van der Waals surface area contributed by atoms with Crippen molar-refractivity contribution in [3.05, 3.63) is 90.5 Å². The van der Waals surface area contributed by atoms with Crippen LogP contribution in [0.1, 0.15) is 18.9 Å². The van der Waals surface area contributed by atoms with Crippen molar-refractivity contribution in [3.8, 4) is 5.75 Å². The average molecular weight is 453 g/mol. The summed E-state index contributed by atoms with van der Waals surface area (Å²) in [4.78, 5) is 12.9. The number of carbonyl (C=O) groups is 1. The Kier molecular flexibility index (Phi) is 7.89. The summed E-state index contributed by atoms with van der Waals surface area (Å²) in [6, 6.07) is 24.7. The third kappa shape index (κ3) is 6.11. The van der Waals surface area contributed by atoms with Gasteiger partial charge in [-0.25, -0.2) is 8.42 Å². The molecular weight excluding hydrogens is 424 g/mol. The average Bonchev–Trinajstić information content (AvgIpc) is 2.82. The molecular formula is C25H28N2O4S. The van der Waals surface area contributed by atoms with Crippen LogP contribution in [0.2, 0.25) is 0 Å². The Morgan fingerprint density at radius 2 is 1.53 bits per heavy atom. The molecule has 0 bridgehead atoms. The van der Waals surface area contributed by atoms with Gasteiger partial charge in [-0.1, -0.05) is 48.5 Å². The fourth-order valence-corrected chi connectivity index (χ4v) is 4.76. The van der Waals surface area contributed by atoms with Gasteiger partial charge in [-0.15, -0.1) is 0 Å². The lowest BCUT2D eigenvalue weighted by Gasteiger charge is -2.25. The smallest absolute Gasteiger partial charge is 0.264 e. The van der Waals surface area contributed by atoms with Crippen LogP contribution in [-0.4, -0.2) is 34.0 Å². The van der Waals surface area contributed by atoms with Crippen molar-refractivity contribution >= 4 is 21.6 Å². The van der Waals surface area contributed by atoms with E-state index in [4.69, 9.17) is 4.74 Å². The predicted molar refractivity (Wildman–Crippen MR) is 126 cm³/mol. The Labute approximate surface area is 189 Å². The first-order valence-electron chi connectivity index (χ1n) is 10.5. The molecule has 168 valence electrons. The number of carbonyl (C=O) groups excluding carboxylic acids is 1. The summed E-state index contributed by atoms with van der Waals surface area (Å²) in [6.07, 6.45) is 1.58. The maximum Gasteiger partial charge on any atom is 0.264 e. The summed E-state index contributed by atoms with van der Waals surface area (Å²) in [5, 5.41) is 2.93. The lowest BCUT2D eigenvalue weighted by molar-refractivity contribution is -0.120. The molecule has 3 aromatic carbocycles. The Bertz CT molecular complexity index is 1100. The van der Waals surface area contributed by atoms with E-state index in [2.05, 4.69) is 5.32 Å². The lowest BCUT2D eigenvalue weighted by atomic mass is 10.1. The van der Waals surface area contributed by atoms with Crippen LogP contribution in [-0.2, 0) is 21.2 Å². The van der Waals surface area contributed by atoms with Crippen LogP contribution < -0.4 is 14.4 Å². The highest BCUT2D eigenvalue weighted by Crippen LogP contribution is 2.24. The number of benzene rings is 3. The second-order valence-corrected chi connectivity index (χ2v) is 9.38. The molecule has 32 heavy (non-hydrogen) atoms. The molecule has 1 N–H and O–H groups in total. The van der Waals surface area contributed by atoms with Crippen molar-refractivity contribution in [2.24, 2.45) is 0 Å². The zero-order valence-electron chi connectivity index (χ0n) is 18.3. The summed E-state index contributed by atoms with van der Waals surface area (Å²) in [6.45, 7) is 1.61. The van der Waals surface area contributed by atoms with Gasteiger partial charge in [0.05, 0.1) is 17.7 Å². The number of nitrogens with one attached hydrogen (secondary N) is 1. The normalized spacial score (nSPS) is 12.1. The molecule has 3 rings (SSSR count). The molecule has 0 radical (unpaired) electrons. The number of aryl methyl sites for hydroxylation is 1. The van der Waals surface area contributed by atoms with Crippen LogP contribution in [0.3, 0.4) is 0 Å². The van der Waals surface area contributed by atoms with Crippen LogP contribution in [0.5, 0.6) is 5.75 Å². The number of ether oxygens (including phenoxy) is 1. The van der Waals surface area contributed by atoms with Gasteiger partial charge in [0.2, 0.25) is 5.91 Å². The molecule has 0 aromatic heterocycles. The van der Waals surface area contributed by atoms with Gasteiger partial charge in [0.15, 0.2) is 0 Å². The molecule has 0 aliphatic carbocycles. The van der Waals surface area contributed by atoms with E-state index in [9.17, 15) is 13.2 Å². The van der Waals surface area contributed by atoms with Crippen molar-refractivity contribution in [1.29, 1.82) is 0 Å². The molecule has 0 heterocycles. The fourth-order valence-electron chi connectivity index (χ4n) is 3.34.